The number of hydrogen-bond donors (Lipinski definition) is 2. The van der Waals surface area contributed by atoms with Gasteiger partial charge in [-0.3, -0.25) is 9.59 Å². The van der Waals surface area contributed by atoms with Crippen molar-refractivity contribution in [3.63, 3.8) is 0 Å². The minimum atomic E-state index is -0.537. The molecule has 1 rings (SSSR count). The van der Waals surface area contributed by atoms with Crippen LogP contribution in [0.5, 0.6) is 0 Å². The second kappa shape index (κ2) is 6.51. The fourth-order valence-corrected chi connectivity index (χ4v) is 2.17. The zero-order valence-corrected chi connectivity index (χ0v) is 12.5. The van der Waals surface area contributed by atoms with Gasteiger partial charge in [0.15, 0.2) is 5.13 Å². The van der Waals surface area contributed by atoms with Crippen LogP contribution >= 0.6 is 11.3 Å². The zero-order valence-electron chi connectivity index (χ0n) is 11.6. The number of nitrogen functional groups attached to an aromatic ring is 1. The Balaban J connectivity index is 2.77. The molecule has 0 saturated heterocycles. The second-order valence-electron chi connectivity index (χ2n) is 4.96. The van der Waals surface area contributed by atoms with Crippen LogP contribution in [0, 0.1) is 5.92 Å². The molecule has 1 unspecified atom stereocenters. The van der Waals surface area contributed by atoms with Crippen molar-refractivity contribution in [3.05, 3.63) is 11.1 Å². The van der Waals surface area contributed by atoms with Crippen molar-refractivity contribution in [3.8, 4) is 0 Å². The van der Waals surface area contributed by atoms with E-state index in [2.05, 4.69) is 10.3 Å². The number of carbonyl (C=O) groups is 2. The summed E-state index contributed by atoms with van der Waals surface area (Å²) in [6.45, 7) is 4.01. The van der Waals surface area contributed by atoms with Crippen LogP contribution in [-0.2, 0) is 4.79 Å². The summed E-state index contributed by atoms with van der Waals surface area (Å²) in [5.74, 6) is -0.186. The van der Waals surface area contributed by atoms with Gasteiger partial charge in [0.05, 0.1) is 0 Å². The van der Waals surface area contributed by atoms with E-state index in [9.17, 15) is 9.59 Å². The number of likely N-dealkylation sites (N-methyl/N-ethyl adjacent to an activating group) is 1. The summed E-state index contributed by atoms with van der Waals surface area (Å²) >= 11 is 1.20. The van der Waals surface area contributed by atoms with Crippen molar-refractivity contribution in [2.45, 2.75) is 26.3 Å². The molecule has 7 heteroatoms. The van der Waals surface area contributed by atoms with E-state index in [1.165, 1.54) is 16.2 Å². The highest BCUT2D eigenvalue weighted by Crippen LogP contribution is 2.12. The lowest BCUT2D eigenvalue weighted by atomic mass is 10.0. The average Bonchev–Trinajstić information content (AvgIpc) is 2.73. The number of nitrogens with one attached hydrogen (secondary N) is 1. The molecular formula is C12H20N4O2S. The molecule has 0 aliphatic rings. The monoisotopic (exact) mass is 284 g/mol. The van der Waals surface area contributed by atoms with Gasteiger partial charge in [-0.1, -0.05) is 13.8 Å². The van der Waals surface area contributed by atoms with Gasteiger partial charge in [0, 0.05) is 19.5 Å². The van der Waals surface area contributed by atoms with E-state index in [4.69, 9.17) is 5.73 Å². The van der Waals surface area contributed by atoms with Crippen LogP contribution in [-0.4, -0.2) is 41.8 Å². The summed E-state index contributed by atoms with van der Waals surface area (Å²) in [4.78, 5) is 29.4. The molecule has 0 fully saturated rings. The standard InChI is InChI=1S/C12H20N4O2S/c1-7(2)5-8(11(18)16(3)4)14-10(17)9-6-19-12(13)15-9/h6-8H,5H2,1-4H3,(H2,13,15)(H,14,17). The number of aromatic nitrogens is 1. The fraction of sp³-hybridized carbons (Fsp3) is 0.583. The molecule has 0 aromatic carbocycles. The van der Waals surface area contributed by atoms with Gasteiger partial charge in [-0.25, -0.2) is 4.98 Å². The van der Waals surface area contributed by atoms with Crippen molar-refractivity contribution in [2.75, 3.05) is 19.8 Å². The third kappa shape index (κ3) is 4.51. The maximum atomic E-state index is 12.0. The highest BCUT2D eigenvalue weighted by molar-refractivity contribution is 7.13. The van der Waals surface area contributed by atoms with Gasteiger partial charge in [-0.05, 0) is 12.3 Å². The minimum absolute atomic E-state index is 0.120. The molecular weight excluding hydrogens is 264 g/mol. The molecule has 0 aliphatic carbocycles. The Morgan fingerprint density at radius 2 is 2.11 bits per heavy atom. The lowest BCUT2D eigenvalue weighted by Gasteiger charge is -2.22. The van der Waals surface area contributed by atoms with Crippen molar-refractivity contribution < 1.29 is 9.59 Å². The summed E-state index contributed by atoms with van der Waals surface area (Å²) < 4.78 is 0. The second-order valence-corrected chi connectivity index (χ2v) is 5.85. The Morgan fingerprint density at radius 3 is 2.53 bits per heavy atom. The van der Waals surface area contributed by atoms with E-state index in [0.717, 1.165) is 0 Å². The van der Waals surface area contributed by atoms with E-state index >= 15 is 0 Å². The summed E-state index contributed by atoms with van der Waals surface area (Å²) in [6, 6.07) is -0.537. The molecule has 3 N–H and O–H groups in total. The predicted molar refractivity (Wildman–Crippen MR) is 75.9 cm³/mol. The zero-order chi connectivity index (χ0) is 14.6. The smallest absolute Gasteiger partial charge is 0.271 e. The van der Waals surface area contributed by atoms with Gasteiger partial charge in [0.1, 0.15) is 11.7 Å². The molecule has 1 aromatic rings. The number of carbonyl (C=O) groups excluding carboxylic acids is 2. The number of anilines is 1. The maximum absolute atomic E-state index is 12.0. The molecule has 0 aliphatic heterocycles. The lowest BCUT2D eigenvalue weighted by Crippen LogP contribution is -2.47. The highest BCUT2D eigenvalue weighted by atomic mass is 32.1. The Morgan fingerprint density at radius 1 is 1.47 bits per heavy atom. The van der Waals surface area contributed by atoms with Gasteiger partial charge in [0.2, 0.25) is 5.91 Å². The highest BCUT2D eigenvalue weighted by Gasteiger charge is 2.24. The number of nitrogens with two attached hydrogens (primary N) is 1. The third-order valence-electron chi connectivity index (χ3n) is 2.51. The van der Waals surface area contributed by atoms with E-state index in [0.29, 0.717) is 17.5 Å². The van der Waals surface area contributed by atoms with Crippen molar-refractivity contribution in [1.29, 1.82) is 0 Å². The molecule has 0 spiro atoms. The quantitative estimate of drug-likeness (QED) is 0.843. The van der Waals surface area contributed by atoms with Gasteiger partial charge < -0.3 is 16.0 Å². The Kier molecular flexibility index (Phi) is 5.29. The SMILES string of the molecule is CC(C)CC(NC(=O)c1csc(N)n1)C(=O)N(C)C. The first-order chi connectivity index (χ1) is 8.81. The normalized spacial score (nSPS) is 12.3. The van der Waals surface area contributed by atoms with Crippen LogP contribution in [0.4, 0.5) is 5.13 Å². The van der Waals surface area contributed by atoms with E-state index in [-0.39, 0.29) is 17.5 Å². The lowest BCUT2D eigenvalue weighted by molar-refractivity contribution is -0.131. The van der Waals surface area contributed by atoms with Gasteiger partial charge in [-0.15, -0.1) is 11.3 Å². The first kappa shape index (κ1) is 15.4. The predicted octanol–water partition coefficient (Wildman–Crippen LogP) is 0.958. The molecule has 1 heterocycles. The Bertz CT molecular complexity index is 456. The van der Waals surface area contributed by atoms with Crippen molar-refractivity contribution in [2.24, 2.45) is 5.92 Å². The number of amides is 2. The van der Waals surface area contributed by atoms with Gasteiger partial charge in [-0.2, -0.15) is 0 Å². The number of nitrogens with zero attached hydrogens (tertiary/aromatic N) is 2. The van der Waals surface area contributed by atoms with Crippen LogP contribution in [0.1, 0.15) is 30.8 Å². The summed E-state index contributed by atoms with van der Waals surface area (Å²) in [7, 11) is 3.34. The molecule has 2 amide bonds. The van der Waals surface area contributed by atoms with Crippen LogP contribution in [0.15, 0.2) is 5.38 Å². The van der Waals surface area contributed by atoms with Crippen molar-refractivity contribution >= 4 is 28.3 Å². The molecule has 1 aromatic heterocycles. The van der Waals surface area contributed by atoms with E-state index < -0.39 is 6.04 Å². The van der Waals surface area contributed by atoms with Crippen LogP contribution in [0.3, 0.4) is 0 Å². The molecule has 1 atom stereocenters. The number of rotatable bonds is 5. The van der Waals surface area contributed by atoms with Crippen LogP contribution in [0.2, 0.25) is 0 Å². The van der Waals surface area contributed by atoms with E-state index in [1.54, 1.807) is 19.5 Å². The van der Waals surface area contributed by atoms with Crippen LogP contribution in [0.25, 0.3) is 0 Å². The molecule has 0 bridgehead atoms. The largest absolute Gasteiger partial charge is 0.375 e. The number of thiazole rings is 1. The molecule has 106 valence electrons. The molecule has 0 radical (unpaired) electrons. The average molecular weight is 284 g/mol. The van der Waals surface area contributed by atoms with E-state index in [1.807, 2.05) is 13.8 Å². The van der Waals surface area contributed by atoms with Gasteiger partial charge in [0.25, 0.3) is 5.91 Å². The third-order valence-corrected chi connectivity index (χ3v) is 3.18. The topological polar surface area (TPSA) is 88.3 Å². The summed E-state index contributed by atoms with van der Waals surface area (Å²) in [5, 5.41) is 4.64. The molecule has 6 nitrogen and oxygen atoms in total. The minimum Gasteiger partial charge on any atom is -0.375 e. The Labute approximate surface area is 117 Å². The molecule has 19 heavy (non-hydrogen) atoms. The first-order valence-corrected chi connectivity index (χ1v) is 6.92. The van der Waals surface area contributed by atoms with Crippen LogP contribution < -0.4 is 11.1 Å². The summed E-state index contributed by atoms with van der Waals surface area (Å²) in [5.41, 5.74) is 5.74. The Hall–Kier alpha value is -1.63. The fourth-order valence-electron chi connectivity index (χ4n) is 1.63. The van der Waals surface area contributed by atoms with Crippen molar-refractivity contribution in [1.82, 2.24) is 15.2 Å². The molecule has 0 saturated carbocycles. The van der Waals surface area contributed by atoms with Gasteiger partial charge >= 0.3 is 0 Å². The maximum Gasteiger partial charge on any atom is 0.271 e. The number of hydrogen-bond acceptors (Lipinski definition) is 5. The first-order valence-electron chi connectivity index (χ1n) is 6.04. The summed E-state index contributed by atoms with van der Waals surface area (Å²) in [6.07, 6.45) is 0.586.